The first-order chi connectivity index (χ1) is 15.3. The highest BCUT2D eigenvalue weighted by atomic mass is 32.1. The second-order valence-corrected chi connectivity index (χ2v) is 8.89. The van der Waals surface area contributed by atoms with Crippen molar-refractivity contribution in [1.29, 1.82) is 0 Å². The van der Waals surface area contributed by atoms with Gasteiger partial charge in [0.25, 0.3) is 0 Å². The average molecular weight is 432 g/mol. The van der Waals surface area contributed by atoms with Gasteiger partial charge in [-0.1, -0.05) is 24.3 Å². The number of fused-ring (bicyclic) bond motifs is 1. The van der Waals surface area contributed by atoms with Gasteiger partial charge in [0.15, 0.2) is 5.82 Å². The number of aromatic amines is 1. The molecule has 4 heterocycles. The fraction of sp³-hybridized carbons (Fsp3) is 0.292. The summed E-state index contributed by atoms with van der Waals surface area (Å²) >= 11 is 1.66. The first kappa shape index (κ1) is 19.8. The van der Waals surface area contributed by atoms with E-state index < -0.39 is 0 Å². The third kappa shape index (κ3) is 4.32. The lowest BCUT2D eigenvalue weighted by Gasteiger charge is -2.32. The number of nitrogens with zero attached hydrogens (tertiary/aromatic N) is 3. The molecule has 1 amide bonds. The number of nitrogens with one attached hydrogen (secondary N) is 2. The molecule has 5 rings (SSSR count). The van der Waals surface area contributed by atoms with E-state index in [9.17, 15) is 4.79 Å². The third-order valence-electron chi connectivity index (χ3n) is 5.91. The van der Waals surface area contributed by atoms with E-state index in [1.165, 1.54) is 10.9 Å². The Morgan fingerprint density at radius 2 is 2.10 bits per heavy atom. The summed E-state index contributed by atoms with van der Waals surface area (Å²) in [5.74, 6) is 0.958. The summed E-state index contributed by atoms with van der Waals surface area (Å²) < 4.78 is 0. The van der Waals surface area contributed by atoms with Crippen LogP contribution in [0.25, 0.3) is 21.5 Å². The quantitative estimate of drug-likeness (QED) is 0.478. The van der Waals surface area contributed by atoms with E-state index in [0.717, 1.165) is 47.7 Å². The number of carbonyl (C=O) groups excluding carboxylic acids is 1. The number of hydrogen-bond donors (Lipinski definition) is 2. The molecule has 1 aliphatic rings. The first-order valence-corrected chi connectivity index (χ1v) is 11.6. The Kier molecular flexibility index (Phi) is 5.67. The second kappa shape index (κ2) is 8.89. The monoisotopic (exact) mass is 431 g/mol. The summed E-state index contributed by atoms with van der Waals surface area (Å²) in [5, 5.41) is 15.2. The highest BCUT2D eigenvalue weighted by molar-refractivity contribution is 7.13. The number of anilines is 1. The zero-order chi connectivity index (χ0) is 21.0. The topological polar surface area (TPSA) is 73.9 Å². The molecule has 0 radical (unpaired) electrons. The third-order valence-corrected chi connectivity index (χ3v) is 6.80. The van der Waals surface area contributed by atoms with Gasteiger partial charge in [-0.15, -0.1) is 21.5 Å². The highest BCUT2D eigenvalue weighted by Gasteiger charge is 2.26. The molecule has 1 fully saturated rings. The predicted molar refractivity (Wildman–Crippen MR) is 125 cm³/mol. The molecule has 4 aromatic rings. The largest absolute Gasteiger partial charge is 0.361 e. The van der Waals surface area contributed by atoms with Crippen molar-refractivity contribution in [2.24, 2.45) is 5.92 Å². The van der Waals surface area contributed by atoms with Crippen LogP contribution in [0.3, 0.4) is 0 Å². The van der Waals surface area contributed by atoms with Gasteiger partial charge in [-0.2, -0.15) is 0 Å². The lowest BCUT2D eigenvalue weighted by Crippen LogP contribution is -2.43. The van der Waals surface area contributed by atoms with Gasteiger partial charge in [0.1, 0.15) is 5.69 Å². The van der Waals surface area contributed by atoms with Crippen molar-refractivity contribution in [2.75, 3.05) is 24.5 Å². The summed E-state index contributed by atoms with van der Waals surface area (Å²) in [5.41, 5.74) is 3.27. The minimum absolute atomic E-state index is 0.0181. The summed E-state index contributed by atoms with van der Waals surface area (Å²) in [6.07, 6.45) is 4.75. The number of benzene rings is 1. The molecule has 7 heteroatoms. The number of piperidine rings is 1. The van der Waals surface area contributed by atoms with E-state index in [1.807, 2.05) is 48.0 Å². The molecule has 3 aromatic heterocycles. The fourth-order valence-electron chi connectivity index (χ4n) is 4.25. The van der Waals surface area contributed by atoms with Crippen LogP contribution in [0.4, 0.5) is 5.82 Å². The number of thiophene rings is 1. The lowest BCUT2D eigenvalue weighted by molar-refractivity contribution is -0.125. The number of hydrogen-bond acceptors (Lipinski definition) is 5. The molecule has 1 saturated heterocycles. The minimum atomic E-state index is -0.0181. The molecule has 1 aliphatic heterocycles. The van der Waals surface area contributed by atoms with Gasteiger partial charge in [-0.25, -0.2) is 0 Å². The number of H-pyrrole nitrogens is 1. The molecule has 0 bridgehead atoms. The van der Waals surface area contributed by atoms with Crippen LogP contribution < -0.4 is 10.2 Å². The van der Waals surface area contributed by atoms with Crippen molar-refractivity contribution in [3.05, 3.63) is 65.7 Å². The molecule has 1 aromatic carbocycles. The Labute approximate surface area is 185 Å². The van der Waals surface area contributed by atoms with Crippen molar-refractivity contribution in [2.45, 2.75) is 19.3 Å². The predicted octanol–water partition coefficient (Wildman–Crippen LogP) is 4.26. The van der Waals surface area contributed by atoms with E-state index in [-0.39, 0.29) is 11.8 Å². The molecule has 0 aliphatic carbocycles. The van der Waals surface area contributed by atoms with Crippen molar-refractivity contribution >= 4 is 34.0 Å². The standard InChI is InChI=1S/C24H25N5OS/c30-24(25-12-11-17-15-26-20-7-2-1-6-19(17)20)18-5-3-13-29(16-18)23-10-9-21(27-28-23)22-8-4-14-31-22/h1-2,4,6-10,14-15,18,26H,3,5,11-13,16H2,(H,25,30)/t18-/m1/s1. The molecule has 0 unspecified atom stereocenters. The van der Waals surface area contributed by atoms with E-state index in [2.05, 4.69) is 37.5 Å². The van der Waals surface area contributed by atoms with E-state index in [4.69, 9.17) is 0 Å². The number of para-hydroxylation sites is 1. The maximum atomic E-state index is 12.8. The Morgan fingerprint density at radius 1 is 1.16 bits per heavy atom. The number of carbonyl (C=O) groups is 1. The Bertz CT molecular complexity index is 1150. The van der Waals surface area contributed by atoms with Gasteiger partial charge in [-0.05, 0) is 54.5 Å². The highest BCUT2D eigenvalue weighted by Crippen LogP contribution is 2.25. The molecule has 6 nitrogen and oxygen atoms in total. The Morgan fingerprint density at radius 3 is 2.94 bits per heavy atom. The molecule has 0 spiro atoms. The zero-order valence-corrected chi connectivity index (χ0v) is 18.1. The summed E-state index contributed by atoms with van der Waals surface area (Å²) in [6, 6.07) is 16.4. The van der Waals surface area contributed by atoms with Gasteiger partial charge >= 0.3 is 0 Å². The van der Waals surface area contributed by atoms with Gasteiger partial charge in [-0.3, -0.25) is 4.79 Å². The van der Waals surface area contributed by atoms with Crippen LogP contribution in [0, 0.1) is 5.92 Å². The maximum absolute atomic E-state index is 12.8. The van der Waals surface area contributed by atoms with Crippen LogP contribution in [0.15, 0.2) is 60.1 Å². The van der Waals surface area contributed by atoms with Crippen molar-refractivity contribution < 1.29 is 4.79 Å². The van der Waals surface area contributed by atoms with E-state index >= 15 is 0 Å². The summed E-state index contributed by atoms with van der Waals surface area (Å²) in [6.45, 7) is 2.24. The minimum Gasteiger partial charge on any atom is -0.361 e. The number of aromatic nitrogens is 3. The fourth-order valence-corrected chi connectivity index (χ4v) is 4.94. The van der Waals surface area contributed by atoms with Crippen LogP contribution in [0.1, 0.15) is 18.4 Å². The van der Waals surface area contributed by atoms with Crippen molar-refractivity contribution in [3.63, 3.8) is 0 Å². The van der Waals surface area contributed by atoms with Gasteiger partial charge in [0.2, 0.25) is 5.91 Å². The van der Waals surface area contributed by atoms with Gasteiger partial charge < -0.3 is 15.2 Å². The Balaban J connectivity index is 1.16. The van der Waals surface area contributed by atoms with Crippen LogP contribution in [-0.4, -0.2) is 40.7 Å². The van der Waals surface area contributed by atoms with Crippen molar-refractivity contribution in [1.82, 2.24) is 20.5 Å². The molecule has 31 heavy (non-hydrogen) atoms. The van der Waals surface area contributed by atoms with Gasteiger partial charge in [0.05, 0.1) is 10.8 Å². The van der Waals surface area contributed by atoms with E-state index in [1.54, 1.807) is 11.3 Å². The van der Waals surface area contributed by atoms with Crippen LogP contribution in [0.5, 0.6) is 0 Å². The molecular formula is C24H25N5OS. The number of amides is 1. The molecule has 1 atom stereocenters. The number of rotatable bonds is 6. The van der Waals surface area contributed by atoms with Crippen LogP contribution in [0.2, 0.25) is 0 Å². The first-order valence-electron chi connectivity index (χ1n) is 10.7. The van der Waals surface area contributed by atoms with Gasteiger partial charge in [0, 0.05) is 36.7 Å². The van der Waals surface area contributed by atoms with Crippen molar-refractivity contribution in [3.8, 4) is 10.6 Å². The molecule has 0 saturated carbocycles. The molecule has 158 valence electrons. The second-order valence-electron chi connectivity index (χ2n) is 7.94. The van der Waals surface area contributed by atoms with Crippen LogP contribution in [-0.2, 0) is 11.2 Å². The zero-order valence-electron chi connectivity index (χ0n) is 17.3. The van der Waals surface area contributed by atoms with Crippen LogP contribution >= 0.6 is 11.3 Å². The molecule has 2 N–H and O–H groups in total. The Hall–Kier alpha value is -3.19. The maximum Gasteiger partial charge on any atom is 0.224 e. The lowest BCUT2D eigenvalue weighted by atomic mass is 9.97. The molecular weight excluding hydrogens is 406 g/mol. The SMILES string of the molecule is O=C(NCCc1c[nH]c2ccccc12)[C@@H]1CCCN(c2ccc(-c3cccs3)nn2)C1. The summed E-state index contributed by atoms with van der Waals surface area (Å²) in [7, 11) is 0. The normalized spacial score (nSPS) is 16.5. The smallest absolute Gasteiger partial charge is 0.224 e. The average Bonchev–Trinajstić information content (AvgIpc) is 3.50. The summed E-state index contributed by atoms with van der Waals surface area (Å²) in [4.78, 5) is 19.4. The van der Waals surface area contributed by atoms with E-state index in [0.29, 0.717) is 13.1 Å².